The van der Waals surface area contributed by atoms with E-state index in [1.54, 1.807) is 9.58 Å². The number of nitrogens with zero attached hydrogens (tertiary/aromatic N) is 6. The number of hydrogen-bond acceptors (Lipinski definition) is 6. The maximum atomic E-state index is 14.3. The average Bonchev–Trinajstić information content (AvgIpc) is 3.39. The van der Waals surface area contributed by atoms with Crippen molar-refractivity contribution >= 4 is 5.91 Å². The summed E-state index contributed by atoms with van der Waals surface area (Å²) in [5.74, 6) is -1.13. The molecule has 0 radical (unpaired) electrons. The van der Waals surface area contributed by atoms with Crippen LogP contribution in [0.5, 0.6) is 11.6 Å². The first-order valence-electron chi connectivity index (χ1n) is 10.1. The summed E-state index contributed by atoms with van der Waals surface area (Å²) in [7, 11) is 1.87. The Labute approximate surface area is 188 Å². The smallest absolute Gasteiger partial charge is 0.261 e. The Hall–Kier alpha value is -4.58. The van der Waals surface area contributed by atoms with Crippen LogP contribution in [-0.4, -0.2) is 30.6 Å². The van der Waals surface area contributed by atoms with Crippen LogP contribution in [0.4, 0.5) is 4.39 Å². The fraction of sp³-hybridized carbons (Fsp3) is 0.125. The maximum absolute atomic E-state index is 14.3. The normalized spacial score (nSPS) is 12.5. The molecule has 33 heavy (non-hydrogen) atoms. The topological polar surface area (TPSA) is 96.9 Å². The highest BCUT2D eigenvalue weighted by Crippen LogP contribution is 2.33. The molecule has 1 aliphatic rings. The molecule has 0 atom stereocenters. The zero-order valence-corrected chi connectivity index (χ0v) is 17.6. The van der Waals surface area contributed by atoms with Crippen molar-refractivity contribution < 1.29 is 13.9 Å². The number of nitriles is 1. The number of benzene rings is 2. The number of aromatic nitrogens is 4. The van der Waals surface area contributed by atoms with Crippen LogP contribution in [0.15, 0.2) is 61.1 Å². The van der Waals surface area contributed by atoms with Gasteiger partial charge in [0.2, 0.25) is 5.88 Å². The Bertz CT molecular complexity index is 1410. The van der Waals surface area contributed by atoms with Crippen LogP contribution < -0.4 is 4.74 Å². The van der Waals surface area contributed by atoms with Gasteiger partial charge in [0.1, 0.15) is 11.9 Å². The van der Waals surface area contributed by atoms with Gasteiger partial charge in [0.05, 0.1) is 29.6 Å². The van der Waals surface area contributed by atoms with Crippen LogP contribution in [0.25, 0.3) is 11.3 Å². The van der Waals surface area contributed by atoms with Crippen LogP contribution >= 0.6 is 0 Å². The summed E-state index contributed by atoms with van der Waals surface area (Å²) < 4.78 is 21.6. The lowest BCUT2D eigenvalue weighted by Gasteiger charge is -2.15. The first-order chi connectivity index (χ1) is 16.0. The van der Waals surface area contributed by atoms with E-state index in [0.29, 0.717) is 18.8 Å². The Morgan fingerprint density at radius 1 is 1.15 bits per heavy atom. The Morgan fingerprint density at radius 2 is 1.97 bits per heavy atom. The fourth-order valence-electron chi connectivity index (χ4n) is 3.68. The second-order valence-electron chi connectivity index (χ2n) is 7.59. The molecule has 0 saturated carbocycles. The molecular formula is C24H17FN6O2. The molecule has 1 amide bonds. The minimum atomic E-state index is -0.711. The van der Waals surface area contributed by atoms with Gasteiger partial charge in [-0.3, -0.25) is 9.48 Å². The molecule has 5 rings (SSSR count). The van der Waals surface area contributed by atoms with Gasteiger partial charge in [0.25, 0.3) is 5.91 Å². The number of carbonyl (C=O) groups excluding carboxylic acids is 1. The number of amides is 1. The largest absolute Gasteiger partial charge is 0.435 e. The highest BCUT2D eigenvalue weighted by Gasteiger charge is 2.33. The summed E-state index contributed by atoms with van der Waals surface area (Å²) in [6.45, 7) is 0.674. The van der Waals surface area contributed by atoms with E-state index in [2.05, 4.69) is 15.1 Å². The van der Waals surface area contributed by atoms with Crippen LogP contribution in [0.2, 0.25) is 0 Å². The van der Waals surface area contributed by atoms with Crippen LogP contribution in [0, 0.1) is 17.1 Å². The predicted octanol–water partition coefficient (Wildman–Crippen LogP) is 3.84. The third kappa shape index (κ3) is 3.90. The molecule has 8 nitrogen and oxygen atoms in total. The van der Waals surface area contributed by atoms with Gasteiger partial charge >= 0.3 is 0 Å². The van der Waals surface area contributed by atoms with E-state index >= 15 is 0 Å². The molecular weight excluding hydrogens is 423 g/mol. The van der Waals surface area contributed by atoms with Gasteiger partial charge in [-0.1, -0.05) is 24.3 Å². The second kappa shape index (κ2) is 8.16. The quantitative estimate of drug-likeness (QED) is 0.468. The molecule has 1 aliphatic heterocycles. The van der Waals surface area contributed by atoms with Gasteiger partial charge in [0, 0.05) is 25.4 Å². The van der Waals surface area contributed by atoms with Gasteiger partial charge in [-0.05, 0) is 29.8 Å². The average molecular weight is 440 g/mol. The molecule has 0 aliphatic carbocycles. The van der Waals surface area contributed by atoms with Crippen LogP contribution in [0.1, 0.15) is 27.2 Å². The number of aryl methyl sites for hydroxylation is 1. The standard InChI is InChI=1S/C24H17FN6O2/c1-30-9-8-19(29-30)17-5-2-15(3-6-17)12-31-13-20-22(24(31)32)23(28-14-27-20)33-21-7-4-16(11-26)10-18(21)25/h2-10,14H,12-13H2,1H3. The lowest BCUT2D eigenvalue weighted by Crippen LogP contribution is -2.23. The molecule has 3 heterocycles. The van der Waals surface area contributed by atoms with Crippen molar-refractivity contribution in [3.05, 3.63) is 89.3 Å². The molecule has 2 aromatic carbocycles. The Kier molecular flexibility index (Phi) is 5.03. The SMILES string of the molecule is Cn1ccc(-c2ccc(CN3Cc4ncnc(Oc5ccc(C#N)cc5F)c4C3=O)cc2)n1. The van der Waals surface area contributed by atoms with Crippen molar-refractivity contribution in [3.63, 3.8) is 0 Å². The molecule has 9 heteroatoms. The molecule has 4 aromatic rings. The van der Waals surface area contributed by atoms with E-state index in [1.807, 2.05) is 49.6 Å². The van der Waals surface area contributed by atoms with Crippen molar-refractivity contribution in [1.82, 2.24) is 24.6 Å². The van der Waals surface area contributed by atoms with Crippen molar-refractivity contribution in [2.75, 3.05) is 0 Å². The van der Waals surface area contributed by atoms with Crippen molar-refractivity contribution in [2.45, 2.75) is 13.1 Å². The van der Waals surface area contributed by atoms with E-state index in [0.717, 1.165) is 22.9 Å². The Balaban J connectivity index is 1.35. The van der Waals surface area contributed by atoms with Crippen molar-refractivity contribution in [3.8, 4) is 29.0 Å². The van der Waals surface area contributed by atoms with E-state index in [1.165, 1.54) is 18.5 Å². The molecule has 0 fully saturated rings. The summed E-state index contributed by atoms with van der Waals surface area (Å²) in [6.07, 6.45) is 3.17. The van der Waals surface area contributed by atoms with E-state index in [-0.39, 0.29) is 28.7 Å². The predicted molar refractivity (Wildman–Crippen MR) is 115 cm³/mol. The highest BCUT2D eigenvalue weighted by molar-refractivity contribution is 5.99. The number of fused-ring (bicyclic) bond motifs is 1. The molecule has 0 unspecified atom stereocenters. The Morgan fingerprint density at radius 3 is 2.67 bits per heavy atom. The van der Waals surface area contributed by atoms with Crippen LogP contribution in [0.3, 0.4) is 0 Å². The second-order valence-corrected chi connectivity index (χ2v) is 7.59. The first-order valence-corrected chi connectivity index (χ1v) is 10.1. The monoisotopic (exact) mass is 440 g/mol. The fourth-order valence-corrected chi connectivity index (χ4v) is 3.68. The summed E-state index contributed by atoms with van der Waals surface area (Å²) in [4.78, 5) is 23.0. The van der Waals surface area contributed by atoms with E-state index in [9.17, 15) is 9.18 Å². The molecule has 0 spiro atoms. The lowest BCUT2D eigenvalue weighted by atomic mass is 10.1. The zero-order chi connectivity index (χ0) is 22.9. The summed E-state index contributed by atoms with van der Waals surface area (Å²) >= 11 is 0. The summed E-state index contributed by atoms with van der Waals surface area (Å²) in [5.41, 5.74) is 3.71. The third-order valence-corrected chi connectivity index (χ3v) is 5.34. The van der Waals surface area contributed by atoms with Crippen molar-refractivity contribution in [2.24, 2.45) is 7.05 Å². The van der Waals surface area contributed by atoms with Gasteiger partial charge in [-0.2, -0.15) is 10.4 Å². The summed E-state index contributed by atoms with van der Waals surface area (Å²) in [5, 5.41) is 13.3. The molecule has 162 valence electrons. The van der Waals surface area contributed by atoms with Gasteiger partial charge < -0.3 is 9.64 Å². The minimum Gasteiger partial charge on any atom is -0.435 e. The highest BCUT2D eigenvalue weighted by atomic mass is 19.1. The number of halogens is 1. The number of ether oxygens (including phenoxy) is 1. The zero-order valence-electron chi connectivity index (χ0n) is 17.6. The van der Waals surface area contributed by atoms with Gasteiger partial charge in [0.15, 0.2) is 11.6 Å². The third-order valence-electron chi connectivity index (χ3n) is 5.34. The minimum absolute atomic E-state index is 0.0124. The van der Waals surface area contributed by atoms with Crippen molar-refractivity contribution in [1.29, 1.82) is 5.26 Å². The number of hydrogen-bond donors (Lipinski definition) is 0. The number of rotatable bonds is 5. The van der Waals surface area contributed by atoms with Gasteiger partial charge in [-0.15, -0.1) is 0 Å². The molecule has 0 saturated heterocycles. The summed E-state index contributed by atoms with van der Waals surface area (Å²) in [6, 6.07) is 15.5. The van der Waals surface area contributed by atoms with Gasteiger partial charge in [-0.25, -0.2) is 14.4 Å². The molecule has 2 aromatic heterocycles. The number of carbonyl (C=O) groups is 1. The molecule has 0 bridgehead atoms. The van der Waals surface area contributed by atoms with E-state index < -0.39 is 5.82 Å². The van der Waals surface area contributed by atoms with E-state index in [4.69, 9.17) is 10.00 Å². The molecule has 0 N–H and O–H groups in total. The maximum Gasteiger partial charge on any atom is 0.261 e. The van der Waals surface area contributed by atoms with Crippen LogP contribution in [-0.2, 0) is 20.1 Å². The first kappa shape index (κ1) is 20.3. The lowest BCUT2D eigenvalue weighted by molar-refractivity contribution is 0.0764.